The summed E-state index contributed by atoms with van der Waals surface area (Å²) in [5, 5.41) is 0. The predicted molar refractivity (Wildman–Crippen MR) is 53.4 cm³/mol. The van der Waals surface area contributed by atoms with E-state index in [-0.39, 0.29) is 0 Å². The molecule has 0 saturated heterocycles. The third kappa shape index (κ3) is 1.44. The first-order chi connectivity index (χ1) is 6.66. The molecule has 2 heterocycles. The van der Waals surface area contributed by atoms with Crippen molar-refractivity contribution >= 4 is 5.82 Å². The van der Waals surface area contributed by atoms with Gasteiger partial charge in [-0.05, 0) is 6.92 Å². The van der Waals surface area contributed by atoms with Gasteiger partial charge in [0.25, 0.3) is 0 Å². The van der Waals surface area contributed by atoms with Crippen LogP contribution in [0.4, 0.5) is 5.82 Å². The summed E-state index contributed by atoms with van der Waals surface area (Å²) in [5.74, 6) is 1.09. The second-order valence-electron chi connectivity index (χ2n) is 3.15. The van der Waals surface area contributed by atoms with Gasteiger partial charge in [0.05, 0.1) is 12.5 Å². The van der Waals surface area contributed by atoms with Crippen LogP contribution in [0.5, 0.6) is 0 Å². The normalized spacial score (nSPS) is 10.4. The molecule has 0 unspecified atom stereocenters. The Bertz CT molecular complexity index is 440. The van der Waals surface area contributed by atoms with E-state index in [9.17, 15) is 0 Å². The van der Waals surface area contributed by atoms with Crippen molar-refractivity contribution < 1.29 is 0 Å². The van der Waals surface area contributed by atoms with Gasteiger partial charge in [-0.3, -0.25) is 0 Å². The molecule has 0 aliphatic rings. The summed E-state index contributed by atoms with van der Waals surface area (Å²) in [5.41, 5.74) is 7.35. The summed E-state index contributed by atoms with van der Waals surface area (Å²) in [6.45, 7) is 1.89. The van der Waals surface area contributed by atoms with E-state index in [1.54, 1.807) is 18.6 Å². The van der Waals surface area contributed by atoms with Crippen molar-refractivity contribution in [2.24, 2.45) is 7.05 Å². The summed E-state index contributed by atoms with van der Waals surface area (Å²) >= 11 is 0. The lowest BCUT2D eigenvalue weighted by molar-refractivity contribution is 0.906. The van der Waals surface area contributed by atoms with Crippen LogP contribution >= 0.6 is 0 Å². The zero-order valence-corrected chi connectivity index (χ0v) is 8.10. The van der Waals surface area contributed by atoms with Gasteiger partial charge in [0.2, 0.25) is 0 Å². The molecule has 5 nitrogen and oxygen atoms in total. The van der Waals surface area contributed by atoms with Crippen LogP contribution in [0.1, 0.15) is 5.69 Å². The molecule has 2 rings (SSSR count). The van der Waals surface area contributed by atoms with Crippen LogP contribution in [0.2, 0.25) is 0 Å². The maximum absolute atomic E-state index is 5.63. The van der Waals surface area contributed by atoms with Gasteiger partial charge < -0.3 is 10.3 Å². The summed E-state index contributed by atoms with van der Waals surface area (Å²) in [7, 11) is 1.89. The molecule has 0 fully saturated rings. The van der Waals surface area contributed by atoms with Crippen molar-refractivity contribution in [1.82, 2.24) is 19.5 Å². The minimum atomic E-state index is 0.480. The highest BCUT2D eigenvalue weighted by atomic mass is 15.1. The third-order valence-corrected chi connectivity index (χ3v) is 1.92. The number of hydrogen-bond donors (Lipinski definition) is 1. The number of nitrogens with zero attached hydrogens (tertiary/aromatic N) is 4. The lowest BCUT2D eigenvalue weighted by Crippen LogP contribution is -2.00. The lowest BCUT2D eigenvalue weighted by atomic mass is 10.3. The molecule has 0 atom stereocenters. The third-order valence-electron chi connectivity index (χ3n) is 1.92. The van der Waals surface area contributed by atoms with Crippen molar-refractivity contribution in [3.8, 4) is 11.5 Å². The number of aryl methyl sites for hydroxylation is 2. The zero-order chi connectivity index (χ0) is 10.1. The van der Waals surface area contributed by atoms with Crippen LogP contribution in [0.15, 0.2) is 18.6 Å². The molecular weight excluding hydrogens is 178 g/mol. The molecule has 72 valence electrons. The van der Waals surface area contributed by atoms with Gasteiger partial charge in [-0.15, -0.1) is 0 Å². The van der Waals surface area contributed by atoms with Gasteiger partial charge in [-0.2, -0.15) is 0 Å². The molecule has 0 spiro atoms. The van der Waals surface area contributed by atoms with Gasteiger partial charge in [-0.1, -0.05) is 0 Å². The average molecular weight is 189 g/mol. The highest BCUT2D eigenvalue weighted by molar-refractivity contribution is 5.51. The molecule has 2 aromatic rings. The van der Waals surface area contributed by atoms with E-state index in [0.717, 1.165) is 11.4 Å². The van der Waals surface area contributed by atoms with Crippen LogP contribution in [0, 0.1) is 6.92 Å². The Morgan fingerprint density at radius 2 is 2.14 bits per heavy atom. The quantitative estimate of drug-likeness (QED) is 0.719. The Labute approximate surface area is 81.6 Å². The van der Waals surface area contributed by atoms with Crippen LogP contribution in [0.25, 0.3) is 11.5 Å². The molecule has 0 amide bonds. The maximum Gasteiger partial charge on any atom is 0.180 e. The number of anilines is 1. The summed E-state index contributed by atoms with van der Waals surface area (Å²) in [6, 6.07) is 1.74. The smallest absolute Gasteiger partial charge is 0.180 e. The largest absolute Gasteiger partial charge is 0.384 e. The van der Waals surface area contributed by atoms with E-state index in [1.807, 2.05) is 18.5 Å². The van der Waals surface area contributed by atoms with Gasteiger partial charge in [-0.25, -0.2) is 15.0 Å². The minimum Gasteiger partial charge on any atom is -0.384 e. The molecule has 14 heavy (non-hydrogen) atoms. The van der Waals surface area contributed by atoms with E-state index in [2.05, 4.69) is 15.0 Å². The van der Waals surface area contributed by atoms with Crippen molar-refractivity contribution in [3.05, 3.63) is 24.3 Å². The SMILES string of the molecule is Cc1cc(N)nc(-c2cncn2C)n1. The Kier molecular flexibility index (Phi) is 1.92. The molecule has 2 N–H and O–H groups in total. The number of aromatic nitrogens is 4. The van der Waals surface area contributed by atoms with E-state index >= 15 is 0 Å². The van der Waals surface area contributed by atoms with Gasteiger partial charge in [0, 0.05) is 18.8 Å². The molecule has 0 radical (unpaired) electrons. The van der Waals surface area contributed by atoms with Gasteiger partial charge in [0.15, 0.2) is 5.82 Å². The van der Waals surface area contributed by atoms with Crippen LogP contribution in [-0.2, 0) is 7.05 Å². The summed E-state index contributed by atoms with van der Waals surface area (Å²) in [4.78, 5) is 12.4. The first-order valence-corrected chi connectivity index (χ1v) is 4.24. The van der Waals surface area contributed by atoms with Crippen molar-refractivity contribution in [3.63, 3.8) is 0 Å². The fraction of sp³-hybridized carbons (Fsp3) is 0.222. The maximum atomic E-state index is 5.63. The molecule has 0 saturated carbocycles. The lowest BCUT2D eigenvalue weighted by Gasteiger charge is -2.02. The number of imidazole rings is 1. The molecule has 0 aromatic carbocycles. The van der Waals surface area contributed by atoms with Crippen molar-refractivity contribution in [2.45, 2.75) is 6.92 Å². The number of nitrogen functional groups attached to an aromatic ring is 1. The Morgan fingerprint density at radius 3 is 2.71 bits per heavy atom. The molecule has 0 aliphatic carbocycles. The van der Waals surface area contributed by atoms with Gasteiger partial charge in [0.1, 0.15) is 11.5 Å². The Morgan fingerprint density at radius 1 is 1.36 bits per heavy atom. The summed E-state index contributed by atoms with van der Waals surface area (Å²) < 4.78 is 1.86. The fourth-order valence-corrected chi connectivity index (χ4v) is 1.28. The fourth-order valence-electron chi connectivity index (χ4n) is 1.28. The zero-order valence-electron chi connectivity index (χ0n) is 8.10. The molecule has 0 aliphatic heterocycles. The van der Waals surface area contributed by atoms with E-state index < -0.39 is 0 Å². The monoisotopic (exact) mass is 189 g/mol. The van der Waals surface area contributed by atoms with Crippen LogP contribution in [-0.4, -0.2) is 19.5 Å². The van der Waals surface area contributed by atoms with E-state index in [4.69, 9.17) is 5.73 Å². The Hall–Kier alpha value is -1.91. The second kappa shape index (κ2) is 3.10. The highest BCUT2D eigenvalue weighted by Crippen LogP contribution is 2.14. The molecule has 5 heteroatoms. The van der Waals surface area contributed by atoms with Crippen LogP contribution < -0.4 is 5.73 Å². The van der Waals surface area contributed by atoms with Gasteiger partial charge >= 0.3 is 0 Å². The van der Waals surface area contributed by atoms with Crippen molar-refractivity contribution in [2.75, 3.05) is 5.73 Å². The first kappa shape index (κ1) is 8.68. The standard InChI is InChI=1S/C9H11N5/c1-6-3-8(10)13-9(12-6)7-4-11-5-14(7)2/h3-5H,1-2H3,(H2,10,12,13). The van der Waals surface area contributed by atoms with E-state index in [0.29, 0.717) is 11.6 Å². The molecular formula is C9H11N5. The second-order valence-corrected chi connectivity index (χ2v) is 3.15. The number of hydrogen-bond acceptors (Lipinski definition) is 4. The predicted octanol–water partition coefficient (Wildman–Crippen LogP) is 0.768. The first-order valence-electron chi connectivity index (χ1n) is 4.24. The molecule has 2 aromatic heterocycles. The van der Waals surface area contributed by atoms with Crippen molar-refractivity contribution in [1.29, 1.82) is 0 Å². The number of nitrogens with two attached hydrogens (primary N) is 1. The Balaban J connectivity index is 2.57. The number of rotatable bonds is 1. The van der Waals surface area contributed by atoms with Crippen LogP contribution in [0.3, 0.4) is 0 Å². The molecule has 0 bridgehead atoms. The minimum absolute atomic E-state index is 0.480. The van der Waals surface area contributed by atoms with E-state index in [1.165, 1.54) is 0 Å². The average Bonchev–Trinajstić information content (AvgIpc) is 2.49. The topological polar surface area (TPSA) is 69.6 Å². The highest BCUT2D eigenvalue weighted by Gasteiger charge is 2.06. The summed E-state index contributed by atoms with van der Waals surface area (Å²) in [6.07, 6.45) is 3.42.